The van der Waals surface area contributed by atoms with E-state index in [1.165, 1.54) is 0 Å². The first-order valence-electron chi connectivity index (χ1n) is 7.19. The Kier molecular flexibility index (Phi) is 7.42. The Morgan fingerprint density at radius 1 is 1.00 bits per heavy atom. The first-order chi connectivity index (χ1) is 8.58. The summed E-state index contributed by atoms with van der Waals surface area (Å²) in [5.74, 6) is 0. The number of unbranched alkanes of at least 4 members (excludes halogenated alkanes) is 3. The number of hydrogen-bond acceptors (Lipinski definition) is 3. The molecule has 0 aliphatic rings. The summed E-state index contributed by atoms with van der Waals surface area (Å²) in [5.41, 5.74) is -0.698. The standard InChI is InChI=1S/C15H31NO3/c1-14(2,3)16(11-9-7-8-10-12-17)13(18)19-15(4,5)6/h17H,7-12H2,1-6H3. The minimum Gasteiger partial charge on any atom is -0.444 e. The third-order valence-corrected chi connectivity index (χ3v) is 2.71. The van der Waals surface area contributed by atoms with Gasteiger partial charge in [-0.15, -0.1) is 0 Å². The lowest BCUT2D eigenvalue weighted by Gasteiger charge is -2.37. The molecule has 1 N–H and O–H groups in total. The van der Waals surface area contributed by atoms with Gasteiger partial charge in [-0.05, 0) is 54.4 Å². The zero-order chi connectivity index (χ0) is 15.1. The van der Waals surface area contributed by atoms with Crippen molar-refractivity contribution < 1.29 is 14.6 Å². The van der Waals surface area contributed by atoms with Gasteiger partial charge in [0.05, 0.1) is 0 Å². The molecular formula is C15H31NO3. The SMILES string of the molecule is CC(C)(C)OC(=O)N(CCCCCCO)C(C)(C)C. The molecule has 0 radical (unpaired) electrons. The fraction of sp³-hybridized carbons (Fsp3) is 0.933. The van der Waals surface area contributed by atoms with Crippen molar-refractivity contribution in [3.05, 3.63) is 0 Å². The fourth-order valence-electron chi connectivity index (χ4n) is 1.75. The van der Waals surface area contributed by atoms with E-state index in [4.69, 9.17) is 9.84 Å². The van der Waals surface area contributed by atoms with Gasteiger partial charge < -0.3 is 14.7 Å². The lowest BCUT2D eigenvalue weighted by molar-refractivity contribution is 0.00581. The van der Waals surface area contributed by atoms with Crippen molar-refractivity contribution in [3.63, 3.8) is 0 Å². The predicted molar refractivity (Wildman–Crippen MR) is 78.2 cm³/mol. The molecule has 0 aliphatic carbocycles. The molecule has 0 aromatic rings. The number of amides is 1. The van der Waals surface area contributed by atoms with E-state index in [1.807, 2.05) is 41.5 Å². The summed E-state index contributed by atoms with van der Waals surface area (Å²) in [6.45, 7) is 12.6. The normalized spacial score (nSPS) is 12.4. The molecule has 1 amide bonds. The quantitative estimate of drug-likeness (QED) is 0.753. The van der Waals surface area contributed by atoms with Crippen LogP contribution in [-0.4, -0.2) is 40.4 Å². The summed E-state index contributed by atoms with van der Waals surface area (Å²) in [4.78, 5) is 14.0. The van der Waals surface area contributed by atoms with Crippen LogP contribution in [0.4, 0.5) is 4.79 Å². The van der Waals surface area contributed by atoms with Gasteiger partial charge in [-0.2, -0.15) is 0 Å². The smallest absolute Gasteiger partial charge is 0.410 e. The molecule has 0 aromatic heterocycles. The van der Waals surface area contributed by atoms with Crippen LogP contribution in [0.3, 0.4) is 0 Å². The summed E-state index contributed by atoms with van der Waals surface area (Å²) in [6, 6.07) is 0. The van der Waals surface area contributed by atoms with Gasteiger partial charge in [0.15, 0.2) is 0 Å². The lowest BCUT2D eigenvalue weighted by atomic mass is 10.1. The highest BCUT2D eigenvalue weighted by Crippen LogP contribution is 2.19. The van der Waals surface area contributed by atoms with Crippen LogP contribution < -0.4 is 0 Å². The molecule has 0 atom stereocenters. The second kappa shape index (κ2) is 7.73. The largest absolute Gasteiger partial charge is 0.444 e. The van der Waals surface area contributed by atoms with E-state index >= 15 is 0 Å². The summed E-state index contributed by atoms with van der Waals surface area (Å²) >= 11 is 0. The molecular weight excluding hydrogens is 242 g/mol. The van der Waals surface area contributed by atoms with Crippen LogP contribution in [0.15, 0.2) is 0 Å². The van der Waals surface area contributed by atoms with Gasteiger partial charge in [0.25, 0.3) is 0 Å². The summed E-state index contributed by atoms with van der Waals surface area (Å²) in [5, 5.41) is 8.74. The van der Waals surface area contributed by atoms with E-state index < -0.39 is 5.60 Å². The van der Waals surface area contributed by atoms with E-state index in [0.717, 1.165) is 25.7 Å². The molecule has 0 heterocycles. The Labute approximate surface area is 118 Å². The Balaban J connectivity index is 4.37. The van der Waals surface area contributed by atoms with E-state index in [0.29, 0.717) is 6.54 Å². The first-order valence-corrected chi connectivity index (χ1v) is 7.19. The average Bonchev–Trinajstić information content (AvgIpc) is 2.18. The van der Waals surface area contributed by atoms with Crippen molar-refractivity contribution in [2.75, 3.05) is 13.2 Å². The second-order valence-electron chi connectivity index (χ2n) is 6.94. The Morgan fingerprint density at radius 2 is 1.53 bits per heavy atom. The van der Waals surface area contributed by atoms with Gasteiger partial charge in [-0.3, -0.25) is 0 Å². The van der Waals surface area contributed by atoms with Crippen molar-refractivity contribution in [2.24, 2.45) is 0 Å². The van der Waals surface area contributed by atoms with Gasteiger partial charge in [0.2, 0.25) is 0 Å². The van der Waals surface area contributed by atoms with Crippen molar-refractivity contribution in [2.45, 2.75) is 78.4 Å². The lowest BCUT2D eigenvalue weighted by Crippen LogP contribution is -2.48. The molecule has 19 heavy (non-hydrogen) atoms. The monoisotopic (exact) mass is 273 g/mol. The number of carbonyl (C=O) groups is 1. The van der Waals surface area contributed by atoms with Gasteiger partial charge in [-0.25, -0.2) is 4.79 Å². The van der Waals surface area contributed by atoms with E-state index in [1.54, 1.807) is 4.90 Å². The van der Waals surface area contributed by atoms with Crippen molar-refractivity contribution >= 4 is 6.09 Å². The molecule has 0 rings (SSSR count). The number of aliphatic hydroxyl groups excluding tert-OH is 1. The van der Waals surface area contributed by atoms with Crippen LogP contribution in [0.5, 0.6) is 0 Å². The number of ether oxygens (including phenoxy) is 1. The van der Waals surface area contributed by atoms with Crippen LogP contribution in [-0.2, 0) is 4.74 Å². The summed E-state index contributed by atoms with van der Waals surface area (Å²) < 4.78 is 5.45. The van der Waals surface area contributed by atoms with Crippen LogP contribution >= 0.6 is 0 Å². The third-order valence-electron chi connectivity index (χ3n) is 2.71. The zero-order valence-electron chi connectivity index (χ0n) is 13.5. The number of rotatable bonds is 6. The second-order valence-corrected chi connectivity index (χ2v) is 6.94. The van der Waals surface area contributed by atoms with Crippen molar-refractivity contribution in [1.82, 2.24) is 4.90 Å². The maximum atomic E-state index is 12.2. The maximum absolute atomic E-state index is 12.2. The molecule has 0 unspecified atom stereocenters. The van der Waals surface area contributed by atoms with Gasteiger partial charge >= 0.3 is 6.09 Å². The molecule has 0 saturated carbocycles. The number of hydrogen-bond donors (Lipinski definition) is 1. The Hall–Kier alpha value is -0.770. The van der Waals surface area contributed by atoms with Crippen LogP contribution in [0.25, 0.3) is 0 Å². The average molecular weight is 273 g/mol. The number of nitrogens with zero attached hydrogens (tertiary/aromatic N) is 1. The highest BCUT2D eigenvalue weighted by Gasteiger charge is 2.29. The Bertz CT molecular complexity index is 264. The molecule has 0 aromatic carbocycles. The highest BCUT2D eigenvalue weighted by atomic mass is 16.6. The van der Waals surface area contributed by atoms with E-state index in [-0.39, 0.29) is 18.2 Å². The summed E-state index contributed by atoms with van der Waals surface area (Å²) in [6.07, 6.45) is 3.55. The number of aliphatic hydroxyl groups is 1. The molecule has 114 valence electrons. The number of carbonyl (C=O) groups excluding carboxylic acids is 1. The predicted octanol–water partition coefficient (Wildman–Crippen LogP) is 3.57. The molecule has 4 heteroatoms. The fourth-order valence-corrected chi connectivity index (χ4v) is 1.75. The molecule has 0 spiro atoms. The van der Waals surface area contributed by atoms with Crippen molar-refractivity contribution in [1.29, 1.82) is 0 Å². The van der Waals surface area contributed by atoms with Crippen LogP contribution in [0.1, 0.15) is 67.2 Å². The minimum absolute atomic E-state index is 0.237. The minimum atomic E-state index is -0.461. The van der Waals surface area contributed by atoms with Crippen LogP contribution in [0.2, 0.25) is 0 Å². The molecule has 0 saturated heterocycles. The van der Waals surface area contributed by atoms with Gasteiger partial charge in [-0.1, -0.05) is 12.8 Å². The van der Waals surface area contributed by atoms with Crippen LogP contribution in [0, 0.1) is 0 Å². The topological polar surface area (TPSA) is 49.8 Å². The van der Waals surface area contributed by atoms with E-state index in [9.17, 15) is 4.79 Å². The van der Waals surface area contributed by atoms with Gasteiger partial charge in [0.1, 0.15) is 5.60 Å². The Morgan fingerprint density at radius 3 is 1.95 bits per heavy atom. The third kappa shape index (κ3) is 8.87. The van der Waals surface area contributed by atoms with Gasteiger partial charge in [0, 0.05) is 18.7 Å². The maximum Gasteiger partial charge on any atom is 0.410 e. The van der Waals surface area contributed by atoms with E-state index in [2.05, 4.69) is 0 Å². The molecule has 0 aliphatic heterocycles. The summed E-state index contributed by atoms with van der Waals surface area (Å²) in [7, 11) is 0. The molecule has 0 fully saturated rings. The molecule has 4 nitrogen and oxygen atoms in total. The first kappa shape index (κ1) is 18.2. The molecule has 0 bridgehead atoms. The highest BCUT2D eigenvalue weighted by molar-refractivity contribution is 5.69. The van der Waals surface area contributed by atoms with Crippen molar-refractivity contribution in [3.8, 4) is 0 Å². The zero-order valence-corrected chi connectivity index (χ0v) is 13.5.